The zero-order valence-electron chi connectivity index (χ0n) is 7.43. The Morgan fingerprint density at radius 1 is 1.67 bits per heavy atom. The Morgan fingerprint density at radius 3 is 2.67 bits per heavy atom. The fourth-order valence-electron chi connectivity index (χ4n) is 0.920. The van der Waals surface area contributed by atoms with E-state index in [1.807, 2.05) is 0 Å². The van der Waals surface area contributed by atoms with Crippen molar-refractivity contribution in [2.24, 2.45) is 0 Å². The van der Waals surface area contributed by atoms with E-state index < -0.39 is 11.7 Å². The second-order valence-electron chi connectivity index (χ2n) is 2.49. The maximum absolute atomic E-state index is 12.5. The molecule has 1 heterocycles. The van der Waals surface area contributed by atoms with E-state index in [-0.39, 0.29) is 20.7 Å². The zero-order valence-corrected chi connectivity index (χ0v) is 10.3. The van der Waals surface area contributed by atoms with Crippen LogP contribution in [-0.2, 0) is 0 Å². The molecule has 0 radical (unpaired) electrons. The van der Waals surface area contributed by atoms with Crippen molar-refractivity contribution in [3.8, 4) is 5.88 Å². The molecular formula is C8H5ClF2INO2. The number of carbonyl (C=O) groups is 1. The number of halogens is 4. The number of hydrogen-bond acceptors (Lipinski definition) is 3. The molecular weight excluding hydrogens is 342 g/mol. The monoisotopic (exact) mass is 347 g/mol. The number of methoxy groups -OCH3 is 1. The van der Waals surface area contributed by atoms with Gasteiger partial charge in [-0.1, -0.05) is 0 Å². The van der Waals surface area contributed by atoms with Crippen molar-refractivity contribution in [3.05, 3.63) is 20.9 Å². The molecule has 0 aliphatic carbocycles. The van der Waals surface area contributed by atoms with E-state index in [1.54, 1.807) is 22.6 Å². The number of hydrogen-bond donors (Lipinski definition) is 0. The van der Waals surface area contributed by atoms with Crippen LogP contribution in [0, 0.1) is 3.57 Å². The van der Waals surface area contributed by atoms with E-state index >= 15 is 0 Å². The number of ether oxygens (including phenoxy) is 1. The fourth-order valence-corrected chi connectivity index (χ4v) is 1.75. The van der Waals surface area contributed by atoms with Crippen LogP contribution in [0.1, 0.15) is 22.5 Å². The van der Waals surface area contributed by atoms with Crippen LogP contribution in [0.25, 0.3) is 0 Å². The summed E-state index contributed by atoms with van der Waals surface area (Å²) < 4.78 is 30.0. The maximum atomic E-state index is 12.5. The minimum atomic E-state index is -2.71. The van der Waals surface area contributed by atoms with Crippen LogP contribution in [0.4, 0.5) is 8.78 Å². The van der Waals surface area contributed by atoms with E-state index in [9.17, 15) is 13.6 Å². The molecule has 0 atom stereocenters. The van der Waals surface area contributed by atoms with Crippen LogP contribution in [0.5, 0.6) is 5.88 Å². The second kappa shape index (κ2) is 5.02. The SMILES string of the molecule is COc1nc(C(=O)Cl)cc(C(F)F)c1I. The van der Waals surface area contributed by atoms with Gasteiger partial charge in [0.05, 0.1) is 10.7 Å². The summed E-state index contributed by atoms with van der Waals surface area (Å²) in [6.45, 7) is 0. The molecule has 0 aliphatic heterocycles. The third kappa shape index (κ3) is 2.75. The molecule has 0 spiro atoms. The highest BCUT2D eigenvalue weighted by molar-refractivity contribution is 14.1. The first-order chi connectivity index (χ1) is 6.97. The van der Waals surface area contributed by atoms with Crippen LogP contribution in [0.2, 0.25) is 0 Å². The molecule has 7 heteroatoms. The topological polar surface area (TPSA) is 39.2 Å². The molecule has 0 saturated carbocycles. The zero-order chi connectivity index (χ0) is 11.6. The fraction of sp³-hybridized carbons (Fsp3) is 0.250. The molecule has 0 amide bonds. The second-order valence-corrected chi connectivity index (χ2v) is 3.92. The number of carbonyl (C=O) groups excluding carboxylic acids is 1. The standard InChI is InChI=1S/C8H5ClF2INO2/c1-15-8-5(12)3(7(10)11)2-4(13-8)6(9)14/h2,7H,1H3. The van der Waals surface area contributed by atoms with E-state index in [1.165, 1.54) is 7.11 Å². The summed E-state index contributed by atoms with van der Waals surface area (Å²) in [6.07, 6.45) is -2.71. The summed E-state index contributed by atoms with van der Waals surface area (Å²) in [5.74, 6) is -0.0302. The van der Waals surface area contributed by atoms with Crippen molar-refractivity contribution >= 4 is 39.4 Å². The minimum Gasteiger partial charge on any atom is -0.480 e. The average Bonchev–Trinajstić information content (AvgIpc) is 2.17. The van der Waals surface area contributed by atoms with Crippen molar-refractivity contribution in [2.75, 3.05) is 7.11 Å². The van der Waals surface area contributed by atoms with Crippen molar-refractivity contribution in [3.63, 3.8) is 0 Å². The van der Waals surface area contributed by atoms with E-state index in [0.29, 0.717) is 0 Å². The van der Waals surface area contributed by atoms with Gasteiger partial charge in [0.2, 0.25) is 5.88 Å². The van der Waals surface area contributed by atoms with Crippen LogP contribution in [0.15, 0.2) is 6.07 Å². The van der Waals surface area contributed by atoms with Gasteiger partial charge in [0, 0.05) is 5.56 Å². The first kappa shape index (κ1) is 12.6. The molecule has 0 fully saturated rings. The summed E-state index contributed by atoms with van der Waals surface area (Å²) in [7, 11) is 1.28. The first-order valence-electron chi connectivity index (χ1n) is 3.69. The summed E-state index contributed by atoms with van der Waals surface area (Å²) in [5.41, 5.74) is -0.560. The molecule has 0 unspecified atom stereocenters. The van der Waals surface area contributed by atoms with Crippen LogP contribution >= 0.6 is 34.2 Å². The van der Waals surface area contributed by atoms with Gasteiger partial charge in [-0.15, -0.1) is 0 Å². The molecule has 3 nitrogen and oxygen atoms in total. The summed E-state index contributed by atoms with van der Waals surface area (Å²) in [6, 6.07) is 0.963. The molecule has 0 aromatic carbocycles. The third-order valence-electron chi connectivity index (χ3n) is 1.59. The van der Waals surface area contributed by atoms with E-state index in [4.69, 9.17) is 16.3 Å². The quantitative estimate of drug-likeness (QED) is 0.623. The molecule has 1 rings (SSSR count). The van der Waals surface area contributed by atoms with Crippen LogP contribution < -0.4 is 4.74 Å². The molecule has 15 heavy (non-hydrogen) atoms. The van der Waals surface area contributed by atoms with Gasteiger partial charge in [0.25, 0.3) is 11.7 Å². The van der Waals surface area contributed by atoms with Crippen LogP contribution in [0.3, 0.4) is 0 Å². The van der Waals surface area contributed by atoms with Crippen molar-refractivity contribution in [2.45, 2.75) is 6.43 Å². The largest absolute Gasteiger partial charge is 0.480 e. The lowest BCUT2D eigenvalue weighted by atomic mass is 10.2. The summed E-state index contributed by atoms with van der Waals surface area (Å²) >= 11 is 6.83. The Balaban J connectivity index is 3.38. The van der Waals surface area contributed by atoms with Gasteiger partial charge in [-0.2, -0.15) is 0 Å². The third-order valence-corrected chi connectivity index (χ3v) is 2.86. The van der Waals surface area contributed by atoms with Gasteiger partial charge in [-0.05, 0) is 40.3 Å². The number of alkyl halides is 2. The van der Waals surface area contributed by atoms with Crippen LogP contribution in [-0.4, -0.2) is 17.3 Å². The van der Waals surface area contributed by atoms with Crippen molar-refractivity contribution in [1.29, 1.82) is 0 Å². The molecule has 1 aromatic rings. The molecule has 1 aromatic heterocycles. The normalized spacial score (nSPS) is 10.5. The summed E-state index contributed by atoms with van der Waals surface area (Å²) in [5, 5.41) is -0.897. The number of aromatic nitrogens is 1. The first-order valence-corrected chi connectivity index (χ1v) is 5.15. The molecule has 82 valence electrons. The molecule has 0 saturated heterocycles. The molecule has 0 N–H and O–H groups in total. The lowest BCUT2D eigenvalue weighted by molar-refractivity contribution is 0.107. The van der Waals surface area contributed by atoms with Gasteiger partial charge in [-0.3, -0.25) is 4.79 Å². The van der Waals surface area contributed by atoms with Gasteiger partial charge in [0.1, 0.15) is 5.69 Å². The Bertz CT molecular complexity index is 400. The van der Waals surface area contributed by atoms with Gasteiger partial charge < -0.3 is 4.74 Å². The highest BCUT2D eigenvalue weighted by atomic mass is 127. The van der Waals surface area contributed by atoms with E-state index in [2.05, 4.69) is 4.98 Å². The molecule has 0 aliphatic rings. The van der Waals surface area contributed by atoms with Gasteiger partial charge in [-0.25, -0.2) is 13.8 Å². The Morgan fingerprint density at radius 2 is 2.27 bits per heavy atom. The van der Waals surface area contributed by atoms with Gasteiger partial charge >= 0.3 is 0 Å². The summed E-state index contributed by atoms with van der Waals surface area (Å²) in [4.78, 5) is 14.5. The number of nitrogens with zero attached hydrogens (tertiary/aromatic N) is 1. The number of pyridine rings is 1. The van der Waals surface area contributed by atoms with Gasteiger partial charge in [0.15, 0.2) is 0 Å². The maximum Gasteiger partial charge on any atom is 0.270 e. The smallest absolute Gasteiger partial charge is 0.270 e. The predicted octanol–water partition coefficient (Wildman–Crippen LogP) is 3.01. The highest BCUT2D eigenvalue weighted by Gasteiger charge is 2.20. The van der Waals surface area contributed by atoms with Crippen molar-refractivity contribution < 1.29 is 18.3 Å². The molecule has 0 bridgehead atoms. The Labute approximate surface area is 103 Å². The Hall–Kier alpha value is -0.500. The average molecular weight is 347 g/mol. The highest BCUT2D eigenvalue weighted by Crippen LogP contribution is 2.30. The lowest BCUT2D eigenvalue weighted by Crippen LogP contribution is -2.03. The minimum absolute atomic E-state index is 0.0302. The Kier molecular flexibility index (Phi) is 4.21. The van der Waals surface area contributed by atoms with Crippen molar-refractivity contribution in [1.82, 2.24) is 4.98 Å². The predicted molar refractivity (Wildman–Crippen MR) is 58.6 cm³/mol. The lowest BCUT2D eigenvalue weighted by Gasteiger charge is -2.08. The van der Waals surface area contributed by atoms with E-state index in [0.717, 1.165) is 6.07 Å². The number of rotatable bonds is 3.